The van der Waals surface area contributed by atoms with E-state index in [0.717, 1.165) is 57.5 Å². The van der Waals surface area contributed by atoms with Crippen LogP contribution in [0.15, 0.2) is 0 Å². The second kappa shape index (κ2) is 16.4. The van der Waals surface area contributed by atoms with Gasteiger partial charge in [-0.3, -0.25) is 9.69 Å². The summed E-state index contributed by atoms with van der Waals surface area (Å²) in [5.74, 6) is -7.03. The van der Waals surface area contributed by atoms with E-state index in [4.69, 9.17) is 44.3 Å². The first-order valence-electron chi connectivity index (χ1n) is 12.3. The number of anilines is 1. The monoisotopic (exact) mass is 573 g/mol. The lowest BCUT2D eigenvalue weighted by molar-refractivity contribution is -0.159. The predicted octanol–water partition coefficient (Wildman–Crippen LogP) is 0.937. The van der Waals surface area contributed by atoms with Crippen molar-refractivity contribution in [3.05, 3.63) is 16.0 Å². The van der Waals surface area contributed by atoms with E-state index in [-0.39, 0.29) is 11.9 Å². The number of carbonyl (C=O) groups is 6. The van der Waals surface area contributed by atoms with E-state index in [0.29, 0.717) is 29.6 Å². The number of thiophene rings is 1. The van der Waals surface area contributed by atoms with Crippen molar-refractivity contribution in [2.45, 2.75) is 40.0 Å². The van der Waals surface area contributed by atoms with Crippen LogP contribution in [-0.4, -0.2) is 112 Å². The van der Waals surface area contributed by atoms with E-state index in [1.54, 1.807) is 11.3 Å². The summed E-state index contributed by atoms with van der Waals surface area (Å²) in [6.07, 6.45) is 2.93. The Morgan fingerprint density at radius 3 is 1.87 bits per heavy atom. The molecule has 0 radical (unpaired) electrons. The molecule has 1 aliphatic carbocycles. The Hall–Kier alpha value is -3.56. The Morgan fingerprint density at radius 2 is 1.41 bits per heavy atom. The van der Waals surface area contributed by atoms with Gasteiger partial charge >= 0.3 is 29.8 Å². The van der Waals surface area contributed by atoms with E-state index in [2.05, 4.69) is 29.0 Å². The first-order valence-corrected chi connectivity index (χ1v) is 13.1. The maximum atomic E-state index is 12.6. The molecule has 1 amide bonds. The lowest BCUT2D eigenvalue weighted by Crippen LogP contribution is -2.48. The number of nitrogens with one attached hydrogen (secondary N) is 1. The van der Waals surface area contributed by atoms with Crippen LogP contribution in [0.4, 0.5) is 5.00 Å². The summed E-state index contributed by atoms with van der Waals surface area (Å²) in [5.41, 5.74) is 1.68. The van der Waals surface area contributed by atoms with Crippen LogP contribution in [0.25, 0.3) is 0 Å². The van der Waals surface area contributed by atoms with Crippen molar-refractivity contribution in [3.8, 4) is 0 Å². The normalized spacial score (nSPS) is 16.7. The summed E-state index contributed by atoms with van der Waals surface area (Å²) >= 11 is 1.55. The van der Waals surface area contributed by atoms with Crippen LogP contribution in [0.1, 0.15) is 48.0 Å². The lowest BCUT2D eigenvalue weighted by atomic mass is 9.88. The molecule has 39 heavy (non-hydrogen) atoms. The van der Waals surface area contributed by atoms with Crippen LogP contribution in [0.5, 0.6) is 0 Å². The Balaban J connectivity index is 0.000000530. The average Bonchev–Trinajstić information content (AvgIpc) is 3.21. The molecule has 3 rings (SSSR count). The van der Waals surface area contributed by atoms with E-state index in [1.807, 2.05) is 6.92 Å². The molecule has 0 aromatic carbocycles. The van der Waals surface area contributed by atoms with Crippen LogP contribution in [-0.2, 0) is 41.6 Å². The Labute approximate surface area is 229 Å². The van der Waals surface area contributed by atoms with Gasteiger partial charge in [0, 0.05) is 31.1 Å². The molecule has 1 saturated heterocycles. The number of piperazine rings is 1. The van der Waals surface area contributed by atoms with E-state index in [1.165, 1.54) is 4.88 Å². The van der Waals surface area contributed by atoms with Gasteiger partial charge in [-0.25, -0.2) is 24.0 Å². The van der Waals surface area contributed by atoms with Gasteiger partial charge in [0.25, 0.3) is 0 Å². The van der Waals surface area contributed by atoms with Crippen molar-refractivity contribution >= 4 is 52.1 Å². The Kier molecular flexibility index (Phi) is 14.1. The lowest BCUT2D eigenvalue weighted by Gasteiger charge is -2.33. The quantitative estimate of drug-likeness (QED) is 0.237. The number of carboxylic acid groups (broad SMARTS) is 4. The zero-order chi connectivity index (χ0) is 29.7. The molecule has 1 aromatic rings. The van der Waals surface area contributed by atoms with Crippen molar-refractivity contribution in [2.75, 3.05) is 51.2 Å². The third kappa shape index (κ3) is 11.4. The Morgan fingerprint density at radius 1 is 0.897 bits per heavy atom. The molecule has 1 fully saturated rings. The van der Waals surface area contributed by atoms with Crippen molar-refractivity contribution < 1.29 is 53.9 Å². The summed E-state index contributed by atoms with van der Waals surface area (Å²) in [7, 11) is 0. The number of hydrogen-bond acceptors (Lipinski definition) is 10. The van der Waals surface area contributed by atoms with E-state index in [9.17, 15) is 9.59 Å². The van der Waals surface area contributed by atoms with Gasteiger partial charge in [0.15, 0.2) is 0 Å². The number of ether oxygens (including phenoxy) is 1. The summed E-state index contributed by atoms with van der Waals surface area (Å²) in [5, 5.41) is 33.3. The fourth-order valence-corrected chi connectivity index (χ4v) is 5.31. The van der Waals surface area contributed by atoms with Gasteiger partial charge in [0.05, 0.1) is 18.7 Å². The van der Waals surface area contributed by atoms with Gasteiger partial charge < -0.3 is 35.4 Å². The number of hydrogen-bond donors (Lipinski definition) is 5. The molecule has 5 N–H and O–H groups in total. The minimum Gasteiger partial charge on any atom is -0.473 e. The number of aliphatic carboxylic acids is 4. The second-order valence-corrected chi connectivity index (χ2v) is 9.86. The van der Waals surface area contributed by atoms with Crippen LogP contribution in [0.2, 0.25) is 0 Å². The highest BCUT2D eigenvalue weighted by atomic mass is 32.1. The maximum Gasteiger partial charge on any atom is 0.414 e. The van der Waals surface area contributed by atoms with Crippen molar-refractivity contribution in [3.63, 3.8) is 0 Å². The SMILES string of the molecule is CCOC(=O)c1c(NC(=O)CN2CCN(CC)CC2)sc2c1CCC(C)C2.O=C(O)C(=O)O.O=C(O)C(=O)O. The zero-order valence-electron chi connectivity index (χ0n) is 22.1. The first kappa shape index (κ1) is 33.5. The number of likely N-dealkylation sites (N-methyl/N-ethyl adjacent to an activating group) is 1. The molecule has 1 unspecified atom stereocenters. The minimum absolute atomic E-state index is 0.0443. The van der Waals surface area contributed by atoms with Gasteiger partial charge in [-0.05, 0) is 44.2 Å². The molecule has 1 aromatic heterocycles. The third-order valence-electron chi connectivity index (χ3n) is 5.89. The van der Waals surface area contributed by atoms with Gasteiger partial charge in [-0.2, -0.15) is 0 Å². The largest absolute Gasteiger partial charge is 0.473 e. The summed E-state index contributed by atoms with van der Waals surface area (Å²) in [6.45, 7) is 11.8. The number of amides is 1. The number of esters is 1. The molecule has 14 nitrogen and oxygen atoms in total. The molecule has 2 heterocycles. The fourth-order valence-electron chi connectivity index (χ4n) is 3.89. The predicted molar refractivity (Wildman–Crippen MR) is 139 cm³/mol. The molecule has 0 bridgehead atoms. The van der Waals surface area contributed by atoms with Gasteiger partial charge in [-0.1, -0.05) is 13.8 Å². The highest BCUT2D eigenvalue weighted by Crippen LogP contribution is 2.40. The standard InChI is InChI=1S/C20H31N3O3S.2C2H2O4/c1-4-22-8-10-23(11-9-22)13-17(24)21-19-18(20(25)26-5-2)15-7-6-14(3)12-16(15)27-19;2*3-1(4)2(5)6/h14H,4-13H2,1-3H3,(H,21,24);2*(H,3,4)(H,5,6). The molecule has 218 valence electrons. The third-order valence-corrected chi connectivity index (χ3v) is 7.06. The van der Waals surface area contributed by atoms with Gasteiger partial charge in [0.1, 0.15) is 5.00 Å². The fraction of sp³-hybridized carbons (Fsp3) is 0.583. The molecule has 15 heteroatoms. The number of nitrogens with zero attached hydrogens (tertiary/aromatic N) is 2. The second-order valence-electron chi connectivity index (χ2n) is 8.76. The summed E-state index contributed by atoms with van der Waals surface area (Å²) in [4.78, 5) is 67.4. The van der Waals surface area contributed by atoms with Crippen LogP contribution < -0.4 is 5.32 Å². The summed E-state index contributed by atoms with van der Waals surface area (Å²) in [6, 6.07) is 0. The Bertz CT molecular complexity index is 1000. The number of rotatable bonds is 6. The highest BCUT2D eigenvalue weighted by Gasteiger charge is 2.29. The van der Waals surface area contributed by atoms with E-state index < -0.39 is 23.9 Å². The number of carbonyl (C=O) groups excluding carboxylic acids is 2. The van der Waals surface area contributed by atoms with Gasteiger partial charge in [0.2, 0.25) is 5.91 Å². The van der Waals surface area contributed by atoms with Crippen LogP contribution in [0, 0.1) is 5.92 Å². The van der Waals surface area contributed by atoms with E-state index >= 15 is 0 Å². The average molecular weight is 574 g/mol. The molecular weight excluding hydrogens is 538 g/mol. The topological polar surface area (TPSA) is 211 Å². The van der Waals surface area contributed by atoms with Crippen molar-refractivity contribution in [2.24, 2.45) is 5.92 Å². The van der Waals surface area contributed by atoms with Crippen molar-refractivity contribution in [1.29, 1.82) is 0 Å². The first-order chi connectivity index (χ1) is 18.3. The molecule has 1 atom stereocenters. The molecule has 2 aliphatic rings. The maximum absolute atomic E-state index is 12.6. The highest BCUT2D eigenvalue weighted by molar-refractivity contribution is 7.17. The van der Waals surface area contributed by atoms with Crippen LogP contribution in [0.3, 0.4) is 0 Å². The number of fused-ring (bicyclic) bond motifs is 1. The zero-order valence-corrected chi connectivity index (χ0v) is 22.9. The van der Waals surface area contributed by atoms with Gasteiger partial charge in [-0.15, -0.1) is 11.3 Å². The molecular formula is C24H35N3O11S. The molecule has 1 aliphatic heterocycles. The van der Waals surface area contributed by atoms with Crippen molar-refractivity contribution in [1.82, 2.24) is 9.80 Å². The smallest absolute Gasteiger partial charge is 0.414 e. The molecule has 0 saturated carbocycles. The molecule has 0 spiro atoms. The number of carboxylic acids is 4. The summed E-state index contributed by atoms with van der Waals surface area (Å²) < 4.78 is 5.28. The minimum atomic E-state index is -1.82. The van der Waals surface area contributed by atoms with Crippen LogP contribution >= 0.6 is 11.3 Å².